The van der Waals surface area contributed by atoms with Crippen LogP contribution in [0.15, 0.2) is 66.7 Å². The summed E-state index contributed by atoms with van der Waals surface area (Å²) in [7, 11) is 0. The maximum Gasteiger partial charge on any atom is 0.223 e. The molecule has 2 nitrogen and oxygen atoms in total. The lowest BCUT2D eigenvalue weighted by atomic mass is 9.95. The number of rotatable bonds is 6. The molecule has 1 atom stereocenters. The number of benzene rings is 3. The van der Waals surface area contributed by atoms with Crippen molar-refractivity contribution in [2.24, 2.45) is 5.92 Å². The van der Waals surface area contributed by atoms with E-state index in [1.807, 2.05) is 25.1 Å². The maximum atomic E-state index is 12.9. The van der Waals surface area contributed by atoms with E-state index in [0.717, 1.165) is 5.56 Å². The Balaban J connectivity index is 1.56. The van der Waals surface area contributed by atoms with Crippen molar-refractivity contribution in [2.45, 2.75) is 19.8 Å². The van der Waals surface area contributed by atoms with Crippen molar-refractivity contribution >= 4 is 16.7 Å². The van der Waals surface area contributed by atoms with Gasteiger partial charge < -0.3 is 5.32 Å². The van der Waals surface area contributed by atoms with E-state index in [1.54, 1.807) is 12.1 Å². The van der Waals surface area contributed by atoms with Crippen LogP contribution in [0, 0.1) is 11.7 Å². The van der Waals surface area contributed by atoms with E-state index < -0.39 is 0 Å². The molecular weight excluding hydrogens is 313 g/mol. The Morgan fingerprint density at radius 2 is 1.72 bits per heavy atom. The SMILES string of the molecule is C[C@H](Cc1cccc2ccccc12)C(=O)NCCc1ccc(F)cc1. The molecule has 1 amide bonds. The van der Waals surface area contributed by atoms with Gasteiger partial charge in [-0.1, -0.05) is 61.5 Å². The Hall–Kier alpha value is -2.68. The summed E-state index contributed by atoms with van der Waals surface area (Å²) in [5.41, 5.74) is 2.21. The Kier molecular flexibility index (Phi) is 5.44. The molecule has 0 unspecified atom stereocenters. The van der Waals surface area contributed by atoms with Gasteiger partial charge in [0, 0.05) is 12.5 Å². The molecule has 1 N–H and O–H groups in total. The molecule has 3 rings (SSSR count). The van der Waals surface area contributed by atoms with Gasteiger partial charge in [-0.3, -0.25) is 4.79 Å². The zero-order valence-electron chi connectivity index (χ0n) is 14.3. The molecule has 0 saturated carbocycles. The fraction of sp³-hybridized carbons (Fsp3) is 0.227. The highest BCUT2D eigenvalue weighted by Crippen LogP contribution is 2.21. The van der Waals surface area contributed by atoms with Crippen LogP contribution in [0.2, 0.25) is 0 Å². The number of carbonyl (C=O) groups excluding carboxylic acids is 1. The first-order valence-corrected chi connectivity index (χ1v) is 8.62. The molecule has 3 aromatic rings. The first kappa shape index (κ1) is 17.2. The van der Waals surface area contributed by atoms with E-state index in [9.17, 15) is 9.18 Å². The van der Waals surface area contributed by atoms with Crippen molar-refractivity contribution in [1.82, 2.24) is 5.32 Å². The van der Waals surface area contributed by atoms with Gasteiger partial charge in [-0.15, -0.1) is 0 Å². The topological polar surface area (TPSA) is 29.1 Å². The Labute approximate surface area is 147 Å². The van der Waals surface area contributed by atoms with Gasteiger partial charge in [0.15, 0.2) is 0 Å². The van der Waals surface area contributed by atoms with Gasteiger partial charge in [-0.25, -0.2) is 4.39 Å². The summed E-state index contributed by atoms with van der Waals surface area (Å²) in [6, 6.07) is 20.9. The molecule has 0 saturated heterocycles. The van der Waals surface area contributed by atoms with Crippen LogP contribution in [0.5, 0.6) is 0 Å². The van der Waals surface area contributed by atoms with Gasteiger partial charge in [0.2, 0.25) is 5.91 Å². The molecule has 0 aliphatic heterocycles. The molecule has 25 heavy (non-hydrogen) atoms. The molecule has 0 radical (unpaired) electrons. The lowest BCUT2D eigenvalue weighted by Crippen LogP contribution is -2.31. The molecule has 0 heterocycles. The minimum absolute atomic E-state index is 0.0510. The highest BCUT2D eigenvalue weighted by molar-refractivity contribution is 5.86. The van der Waals surface area contributed by atoms with Gasteiger partial charge in [-0.05, 0) is 46.9 Å². The normalized spacial score (nSPS) is 12.1. The van der Waals surface area contributed by atoms with E-state index in [0.29, 0.717) is 19.4 Å². The highest BCUT2D eigenvalue weighted by atomic mass is 19.1. The van der Waals surface area contributed by atoms with E-state index in [-0.39, 0.29) is 17.6 Å². The Morgan fingerprint density at radius 3 is 2.52 bits per heavy atom. The average molecular weight is 335 g/mol. The number of hydrogen-bond donors (Lipinski definition) is 1. The molecule has 0 aliphatic carbocycles. The number of fused-ring (bicyclic) bond motifs is 1. The number of hydrogen-bond acceptors (Lipinski definition) is 1. The molecule has 0 aliphatic rings. The van der Waals surface area contributed by atoms with Gasteiger partial charge >= 0.3 is 0 Å². The van der Waals surface area contributed by atoms with Crippen molar-refractivity contribution in [3.8, 4) is 0 Å². The Bertz CT molecular complexity index is 852. The van der Waals surface area contributed by atoms with Crippen LogP contribution in [-0.4, -0.2) is 12.5 Å². The van der Waals surface area contributed by atoms with Crippen LogP contribution in [0.25, 0.3) is 10.8 Å². The smallest absolute Gasteiger partial charge is 0.223 e. The quantitative estimate of drug-likeness (QED) is 0.705. The minimum atomic E-state index is -0.239. The van der Waals surface area contributed by atoms with Gasteiger partial charge in [0.1, 0.15) is 5.82 Å². The van der Waals surface area contributed by atoms with E-state index in [2.05, 4.69) is 29.6 Å². The summed E-state index contributed by atoms with van der Waals surface area (Å²) < 4.78 is 12.9. The second-order valence-electron chi connectivity index (χ2n) is 6.41. The first-order chi connectivity index (χ1) is 12.1. The summed E-state index contributed by atoms with van der Waals surface area (Å²) in [5, 5.41) is 5.38. The van der Waals surface area contributed by atoms with Crippen molar-refractivity contribution in [2.75, 3.05) is 6.54 Å². The van der Waals surface area contributed by atoms with Crippen LogP contribution >= 0.6 is 0 Å². The van der Waals surface area contributed by atoms with Crippen LogP contribution in [-0.2, 0) is 17.6 Å². The summed E-state index contributed by atoms with van der Waals surface area (Å²) in [5.74, 6) is -0.287. The van der Waals surface area contributed by atoms with Gasteiger partial charge in [0.05, 0.1) is 0 Å². The first-order valence-electron chi connectivity index (χ1n) is 8.62. The third-order valence-electron chi connectivity index (χ3n) is 4.48. The van der Waals surface area contributed by atoms with Crippen molar-refractivity contribution in [3.63, 3.8) is 0 Å². The minimum Gasteiger partial charge on any atom is -0.356 e. The summed E-state index contributed by atoms with van der Waals surface area (Å²) in [4.78, 5) is 12.4. The second kappa shape index (κ2) is 7.93. The van der Waals surface area contributed by atoms with Gasteiger partial charge in [0.25, 0.3) is 0 Å². The van der Waals surface area contributed by atoms with Crippen LogP contribution < -0.4 is 5.32 Å². The van der Waals surface area contributed by atoms with Crippen molar-refractivity contribution in [1.29, 1.82) is 0 Å². The van der Waals surface area contributed by atoms with Crippen molar-refractivity contribution < 1.29 is 9.18 Å². The summed E-state index contributed by atoms with van der Waals surface area (Å²) in [6.07, 6.45) is 1.41. The lowest BCUT2D eigenvalue weighted by Gasteiger charge is -2.14. The van der Waals surface area contributed by atoms with Crippen molar-refractivity contribution in [3.05, 3.63) is 83.7 Å². The fourth-order valence-corrected chi connectivity index (χ4v) is 3.05. The van der Waals surface area contributed by atoms with E-state index >= 15 is 0 Å². The van der Waals surface area contributed by atoms with Crippen LogP contribution in [0.4, 0.5) is 4.39 Å². The van der Waals surface area contributed by atoms with E-state index in [4.69, 9.17) is 0 Å². The lowest BCUT2D eigenvalue weighted by molar-refractivity contribution is -0.124. The largest absolute Gasteiger partial charge is 0.356 e. The molecule has 0 fully saturated rings. The number of amides is 1. The molecule has 0 aromatic heterocycles. The fourth-order valence-electron chi connectivity index (χ4n) is 3.05. The molecule has 0 bridgehead atoms. The molecule has 3 heteroatoms. The highest BCUT2D eigenvalue weighted by Gasteiger charge is 2.14. The molecule has 0 spiro atoms. The number of nitrogens with one attached hydrogen (secondary N) is 1. The monoisotopic (exact) mass is 335 g/mol. The zero-order valence-corrected chi connectivity index (χ0v) is 14.3. The van der Waals surface area contributed by atoms with E-state index in [1.165, 1.54) is 28.5 Å². The predicted octanol–water partition coefficient (Wildman–Crippen LogP) is 4.52. The Morgan fingerprint density at radius 1 is 1.00 bits per heavy atom. The maximum absolute atomic E-state index is 12.9. The number of carbonyl (C=O) groups is 1. The number of halogens is 1. The predicted molar refractivity (Wildman–Crippen MR) is 99.9 cm³/mol. The zero-order chi connectivity index (χ0) is 17.6. The third-order valence-corrected chi connectivity index (χ3v) is 4.48. The van der Waals surface area contributed by atoms with Crippen LogP contribution in [0.3, 0.4) is 0 Å². The molecular formula is C22H22FNO. The third kappa shape index (κ3) is 4.44. The summed E-state index contributed by atoms with van der Waals surface area (Å²) >= 11 is 0. The van der Waals surface area contributed by atoms with Gasteiger partial charge in [-0.2, -0.15) is 0 Å². The standard InChI is InChI=1S/C22H22FNO/c1-16(15-19-7-4-6-18-5-2-3-8-21(18)19)22(25)24-14-13-17-9-11-20(23)12-10-17/h2-12,16H,13-15H2,1H3,(H,24,25)/t16-/m1/s1. The second-order valence-corrected chi connectivity index (χ2v) is 6.41. The molecule has 128 valence electrons. The van der Waals surface area contributed by atoms with Crippen LogP contribution in [0.1, 0.15) is 18.1 Å². The average Bonchev–Trinajstić information content (AvgIpc) is 2.63. The molecule has 3 aromatic carbocycles. The summed E-state index contributed by atoms with van der Waals surface area (Å²) in [6.45, 7) is 2.51.